The molecule has 0 radical (unpaired) electrons. The van der Waals surface area contributed by atoms with Gasteiger partial charge in [-0.15, -0.1) is 0 Å². The Morgan fingerprint density at radius 3 is 2.00 bits per heavy atom. The summed E-state index contributed by atoms with van der Waals surface area (Å²) in [7, 11) is 0. The Bertz CT molecular complexity index is 574. The Morgan fingerprint density at radius 2 is 1.50 bits per heavy atom. The molecule has 0 saturated carbocycles. The first-order valence-electron chi connectivity index (χ1n) is 5.61. The molecule has 0 aliphatic heterocycles. The summed E-state index contributed by atoms with van der Waals surface area (Å²) in [5, 5.41) is 0. The van der Waals surface area contributed by atoms with E-state index in [2.05, 4.69) is 31.9 Å². The van der Waals surface area contributed by atoms with Gasteiger partial charge in [0.05, 0.1) is 14.5 Å². The standard InChI is InChI=1S/C14H9Br2F3O/c15-11-6-10(14(17,18)19)7-12(16)13(11)20-8-9-4-2-1-3-5-9/h1-7H,8H2. The van der Waals surface area contributed by atoms with Gasteiger partial charge in [0.15, 0.2) is 0 Å². The molecule has 0 aliphatic carbocycles. The molecule has 2 aromatic rings. The van der Waals surface area contributed by atoms with Crippen molar-refractivity contribution >= 4 is 31.9 Å². The van der Waals surface area contributed by atoms with Crippen molar-refractivity contribution in [2.75, 3.05) is 0 Å². The van der Waals surface area contributed by atoms with Crippen LogP contribution >= 0.6 is 31.9 Å². The summed E-state index contributed by atoms with van der Waals surface area (Å²) < 4.78 is 44.0. The fourth-order valence-corrected chi connectivity index (χ4v) is 3.01. The van der Waals surface area contributed by atoms with E-state index in [0.717, 1.165) is 17.7 Å². The third kappa shape index (κ3) is 3.76. The third-order valence-corrected chi connectivity index (χ3v) is 3.73. The minimum Gasteiger partial charge on any atom is -0.487 e. The van der Waals surface area contributed by atoms with Crippen LogP contribution in [0.4, 0.5) is 13.2 Å². The first kappa shape index (κ1) is 15.4. The average molecular weight is 410 g/mol. The third-order valence-electron chi connectivity index (χ3n) is 2.55. The fraction of sp³-hybridized carbons (Fsp3) is 0.143. The van der Waals surface area contributed by atoms with Gasteiger partial charge >= 0.3 is 6.18 Å². The number of alkyl halides is 3. The molecule has 0 amide bonds. The largest absolute Gasteiger partial charge is 0.487 e. The van der Waals surface area contributed by atoms with Crippen molar-refractivity contribution in [3.63, 3.8) is 0 Å². The van der Waals surface area contributed by atoms with Gasteiger partial charge in [0.25, 0.3) is 0 Å². The summed E-state index contributed by atoms with van der Waals surface area (Å²) in [6, 6.07) is 11.4. The lowest BCUT2D eigenvalue weighted by atomic mass is 10.2. The van der Waals surface area contributed by atoms with E-state index in [0.29, 0.717) is 5.75 Å². The highest BCUT2D eigenvalue weighted by molar-refractivity contribution is 9.11. The van der Waals surface area contributed by atoms with E-state index in [4.69, 9.17) is 4.74 Å². The SMILES string of the molecule is FC(F)(F)c1cc(Br)c(OCc2ccccc2)c(Br)c1. The predicted molar refractivity (Wildman–Crippen MR) is 77.6 cm³/mol. The van der Waals surface area contributed by atoms with Crippen LogP contribution in [0.5, 0.6) is 5.75 Å². The summed E-state index contributed by atoms with van der Waals surface area (Å²) in [5.74, 6) is 0.349. The summed E-state index contributed by atoms with van der Waals surface area (Å²) >= 11 is 6.22. The van der Waals surface area contributed by atoms with Gasteiger partial charge in [-0.2, -0.15) is 13.2 Å². The maximum absolute atomic E-state index is 12.6. The first-order valence-corrected chi connectivity index (χ1v) is 7.19. The number of hydrogen-bond donors (Lipinski definition) is 0. The van der Waals surface area contributed by atoms with Crippen LogP contribution in [0.1, 0.15) is 11.1 Å². The quantitative estimate of drug-likeness (QED) is 0.621. The Kier molecular flexibility index (Phi) is 4.75. The van der Waals surface area contributed by atoms with Crippen LogP contribution in [0.3, 0.4) is 0 Å². The van der Waals surface area contributed by atoms with Gasteiger partial charge in [-0.05, 0) is 49.6 Å². The second kappa shape index (κ2) is 6.18. The molecule has 2 rings (SSSR count). The highest BCUT2D eigenvalue weighted by atomic mass is 79.9. The van der Waals surface area contributed by atoms with E-state index in [9.17, 15) is 13.2 Å². The van der Waals surface area contributed by atoms with Gasteiger partial charge in [0.2, 0.25) is 0 Å². The maximum Gasteiger partial charge on any atom is 0.416 e. The molecule has 0 atom stereocenters. The Morgan fingerprint density at radius 1 is 0.950 bits per heavy atom. The summed E-state index contributed by atoms with van der Waals surface area (Å²) in [4.78, 5) is 0. The molecular formula is C14H9Br2F3O. The zero-order valence-corrected chi connectivity index (χ0v) is 13.2. The van der Waals surface area contributed by atoms with Gasteiger partial charge in [0, 0.05) is 0 Å². The van der Waals surface area contributed by atoms with Gasteiger partial charge in [0.1, 0.15) is 12.4 Å². The Labute approximate surface area is 131 Å². The molecule has 0 saturated heterocycles. The van der Waals surface area contributed by atoms with Crippen LogP contribution in [0, 0.1) is 0 Å². The fourth-order valence-electron chi connectivity index (χ4n) is 1.59. The van der Waals surface area contributed by atoms with Crippen molar-refractivity contribution in [1.82, 2.24) is 0 Å². The topological polar surface area (TPSA) is 9.23 Å². The molecule has 1 nitrogen and oxygen atoms in total. The molecule has 0 aromatic heterocycles. The molecule has 2 aromatic carbocycles. The smallest absolute Gasteiger partial charge is 0.416 e. The number of ether oxygens (including phenoxy) is 1. The molecule has 0 bridgehead atoms. The van der Waals surface area contributed by atoms with Crippen molar-refractivity contribution in [2.45, 2.75) is 12.8 Å². The molecular weight excluding hydrogens is 401 g/mol. The molecule has 6 heteroatoms. The van der Waals surface area contributed by atoms with E-state index in [1.807, 2.05) is 30.3 Å². The average Bonchev–Trinajstić information content (AvgIpc) is 2.37. The molecule has 0 heterocycles. The molecule has 0 N–H and O–H groups in total. The van der Waals surface area contributed by atoms with Gasteiger partial charge in [-0.25, -0.2) is 0 Å². The van der Waals surface area contributed by atoms with Crippen molar-refractivity contribution < 1.29 is 17.9 Å². The Balaban J connectivity index is 2.21. The van der Waals surface area contributed by atoms with Crippen LogP contribution in [0.15, 0.2) is 51.4 Å². The molecule has 20 heavy (non-hydrogen) atoms. The second-order valence-electron chi connectivity index (χ2n) is 4.04. The van der Waals surface area contributed by atoms with Crippen LogP contribution in [-0.2, 0) is 12.8 Å². The van der Waals surface area contributed by atoms with Crippen molar-refractivity contribution in [3.8, 4) is 5.75 Å². The summed E-state index contributed by atoms with van der Waals surface area (Å²) in [5.41, 5.74) is 0.203. The number of rotatable bonds is 3. The molecule has 0 unspecified atom stereocenters. The van der Waals surface area contributed by atoms with E-state index < -0.39 is 11.7 Å². The monoisotopic (exact) mass is 408 g/mol. The van der Waals surface area contributed by atoms with Crippen LogP contribution < -0.4 is 4.74 Å². The zero-order valence-electron chi connectivity index (χ0n) is 10.0. The number of hydrogen-bond acceptors (Lipinski definition) is 1. The molecule has 0 spiro atoms. The Hall–Kier alpha value is -1.01. The first-order chi connectivity index (χ1) is 9.38. The zero-order chi connectivity index (χ0) is 14.8. The van der Waals surface area contributed by atoms with Crippen LogP contribution in [-0.4, -0.2) is 0 Å². The van der Waals surface area contributed by atoms with Crippen molar-refractivity contribution in [2.24, 2.45) is 0 Å². The van der Waals surface area contributed by atoms with E-state index in [1.165, 1.54) is 0 Å². The predicted octanol–water partition coefficient (Wildman–Crippen LogP) is 5.81. The summed E-state index contributed by atoms with van der Waals surface area (Å²) in [6.07, 6.45) is -4.39. The molecule has 106 valence electrons. The van der Waals surface area contributed by atoms with Crippen molar-refractivity contribution in [3.05, 3.63) is 62.5 Å². The van der Waals surface area contributed by atoms with Gasteiger partial charge in [-0.3, -0.25) is 0 Å². The van der Waals surface area contributed by atoms with Gasteiger partial charge in [-0.1, -0.05) is 30.3 Å². The van der Waals surface area contributed by atoms with E-state index >= 15 is 0 Å². The minimum absolute atomic E-state index is 0.259. The summed E-state index contributed by atoms with van der Waals surface area (Å²) in [6.45, 7) is 0.281. The highest BCUT2D eigenvalue weighted by Crippen LogP contribution is 2.40. The van der Waals surface area contributed by atoms with E-state index in [-0.39, 0.29) is 15.6 Å². The van der Waals surface area contributed by atoms with Gasteiger partial charge < -0.3 is 4.74 Å². The normalized spacial score (nSPS) is 11.4. The van der Waals surface area contributed by atoms with E-state index in [1.54, 1.807) is 0 Å². The lowest BCUT2D eigenvalue weighted by Gasteiger charge is -2.13. The highest BCUT2D eigenvalue weighted by Gasteiger charge is 2.32. The van der Waals surface area contributed by atoms with Crippen molar-refractivity contribution in [1.29, 1.82) is 0 Å². The van der Waals surface area contributed by atoms with Crippen LogP contribution in [0.25, 0.3) is 0 Å². The lowest BCUT2D eigenvalue weighted by molar-refractivity contribution is -0.137. The molecule has 0 aliphatic rings. The van der Waals surface area contributed by atoms with Crippen LogP contribution in [0.2, 0.25) is 0 Å². The maximum atomic E-state index is 12.6. The molecule has 0 fully saturated rings. The minimum atomic E-state index is -4.39. The second-order valence-corrected chi connectivity index (χ2v) is 5.75. The number of benzene rings is 2. The lowest BCUT2D eigenvalue weighted by Crippen LogP contribution is -2.06. The number of halogens is 5.